The molecule has 0 bridgehead atoms. The van der Waals surface area contributed by atoms with E-state index in [-0.39, 0.29) is 5.54 Å². The summed E-state index contributed by atoms with van der Waals surface area (Å²) < 4.78 is 0. The zero-order chi connectivity index (χ0) is 15.5. The largest absolute Gasteiger partial charge is 0.369 e. The van der Waals surface area contributed by atoms with E-state index in [2.05, 4.69) is 63.0 Å². The number of hydrogen-bond donors (Lipinski definition) is 1. The number of nitrogens with zero attached hydrogens (tertiary/aromatic N) is 1. The molecule has 1 aromatic rings. The molecule has 0 aliphatic heterocycles. The monoisotopic (exact) mass is 288 g/mol. The molecular formula is C19H32N2. The zero-order valence-electron chi connectivity index (χ0n) is 14.5. The van der Waals surface area contributed by atoms with Crippen LogP contribution in [0.4, 0.5) is 5.69 Å². The van der Waals surface area contributed by atoms with E-state index < -0.39 is 0 Å². The van der Waals surface area contributed by atoms with Gasteiger partial charge in [0.05, 0.1) is 0 Å². The molecule has 2 heteroatoms. The van der Waals surface area contributed by atoms with Gasteiger partial charge in [-0.15, -0.1) is 0 Å². The van der Waals surface area contributed by atoms with Gasteiger partial charge in [0.1, 0.15) is 0 Å². The third-order valence-corrected chi connectivity index (χ3v) is 4.46. The molecule has 1 fully saturated rings. The first-order chi connectivity index (χ1) is 9.90. The molecule has 0 saturated heterocycles. The van der Waals surface area contributed by atoms with Crippen molar-refractivity contribution in [2.24, 2.45) is 0 Å². The summed E-state index contributed by atoms with van der Waals surface area (Å²) >= 11 is 0. The third-order valence-electron chi connectivity index (χ3n) is 4.46. The highest BCUT2D eigenvalue weighted by atomic mass is 15.2. The van der Waals surface area contributed by atoms with Gasteiger partial charge in [-0.2, -0.15) is 0 Å². The Hall–Kier alpha value is -1.02. The second-order valence-electron chi connectivity index (χ2n) is 7.46. The van der Waals surface area contributed by atoms with Crippen LogP contribution in [0.25, 0.3) is 0 Å². The van der Waals surface area contributed by atoms with E-state index in [1.165, 1.54) is 42.5 Å². The first-order valence-electron chi connectivity index (χ1n) is 8.52. The Morgan fingerprint density at radius 1 is 1.19 bits per heavy atom. The van der Waals surface area contributed by atoms with Gasteiger partial charge in [0.25, 0.3) is 0 Å². The van der Waals surface area contributed by atoms with Crippen LogP contribution in [-0.4, -0.2) is 18.1 Å². The molecule has 1 saturated carbocycles. The van der Waals surface area contributed by atoms with Crippen LogP contribution in [0.3, 0.4) is 0 Å². The molecule has 0 atom stereocenters. The van der Waals surface area contributed by atoms with Crippen LogP contribution in [0, 0.1) is 6.92 Å². The van der Waals surface area contributed by atoms with Crippen LogP contribution in [0.2, 0.25) is 0 Å². The number of anilines is 1. The van der Waals surface area contributed by atoms with Crippen molar-refractivity contribution in [3.63, 3.8) is 0 Å². The highest BCUT2D eigenvalue weighted by molar-refractivity contribution is 5.56. The van der Waals surface area contributed by atoms with Crippen LogP contribution in [-0.2, 0) is 6.54 Å². The van der Waals surface area contributed by atoms with Crippen molar-refractivity contribution in [1.29, 1.82) is 0 Å². The summed E-state index contributed by atoms with van der Waals surface area (Å²) in [6.07, 6.45) is 5.49. The van der Waals surface area contributed by atoms with Gasteiger partial charge >= 0.3 is 0 Å². The average molecular weight is 288 g/mol. The molecule has 0 radical (unpaired) electrons. The Labute approximate surface area is 130 Å². The van der Waals surface area contributed by atoms with Gasteiger partial charge in [-0.25, -0.2) is 0 Å². The second kappa shape index (κ2) is 6.83. The molecule has 0 amide bonds. The van der Waals surface area contributed by atoms with E-state index in [0.717, 1.165) is 19.1 Å². The van der Waals surface area contributed by atoms with Crippen molar-refractivity contribution < 1.29 is 0 Å². The fourth-order valence-corrected chi connectivity index (χ4v) is 3.34. The molecule has 2 rings (SSSR count). The summed E-state index contributed by atoms with van der Waals surface area (Å²) in [5.41, 5.74) is 4.39. The zero-order valence-corrected chi connectivity index (χ0v) is 14.5. The van der Waals surface area contributed by atoms with Gasteiger partial charge in [0.2, 0.25) is 0 Å². The molecule has 21 heavy (non-hydrogen) atoms. The lowest BCUT2D eigenvalue weighted by Crippen LogP contribution is -2.37. The minimum absolute atomic E-state index is 0.158. The molecule has 0 unspecified atom stereocenters. The quantitative estimate of drug-likeness (QED) is 0.848. The molecule has 2 nitrogen and oxygen atoms in total. The van der Waals surface area contributed by atoms with Crippen LogP contribution in [0.15, 0.2) is 18.2 Å². The molecule has 1 aromatic carbocycles. The van der Waals surface area contributed by atoms with E-state index in [1.54, 1.807) is 0 Å². The topological polar surface area (TPSA) is 15.3 Å². The van der Waals surface area contributed by atoms with Crippen molar-refractivity contribution in [2.45, 2.75) is 78.4 Å². The molecule has 0 heterocycles. The standard InChI is InChI=1S/C19H32N2/c1-6-21(17-9-7-8-10-17)18-12-11-15(2)13-16(18)14-20-19(3,4)5/h11-13,17,20H,6-10,14H2,1-5H3. The van der Waals surface area contributed by atoms with Gasteiger partial charge in [0, 0.05) is 30.4 Å². The maximum Gasteiger partial charge on any atom is 0.0414 e. The Morgan fingerprint density at radius 2 is 1.86 bits per heavy atom. The summed E-state index contributed by atoms with van der Waals surface area (Å²) in [6.45, 7) is 13.2. The van der Waals surface area contributed by atoms with Crippen LogP contribution >= 0.6 is 0 Å². The van der Waals surface area contributed by atoms with E-state index in [4.69, 9.17) is 0 Å². The Kier molecular flexibility index (Phi) is 5.32. The lowest BCUT2D eigenvalue weighted by atomic mass is 10.0. The number of hydrogen-bond acceptors (Lipinski definition) is 2. The average Bonchev–Trinajstić information content (AvgIpc) is 2.92. The highest BCUT2D eigenvalue weighted by Crippen LogP contribution is 2.31. The SMILES string of the molecule is CCN(c1ccc(C)cc1CNC(C)(C)C)C1CCCC1. The van der Waals surface area contributed by atoms with Gasteiger partial charge in [-0.05, 0) is 59.1 Å². The Morgan fingerprint density at radius 3 is 2.43 bits per heavy atom. The lowest BCUT2D eigenvalue weighted by molar-refractivity contribution is 0.424. The smallest absolute Gasteiger partial charge is 0.0414 e. The minimum atomic E-state index is 0.158. The molecule has 118 valence electrons. The summed E-state index contributed by atoms with van der Waals surface area (Å²) in [5, 5.41) is 3.65. The summed E-state index contributed by atoms with van der Waals surface area (Å²) in [7, 11) is 0. The van der Waals surface area contributed by atoms with Crippen LogP contribution in [0.1, 0.15) is 64.5 Å². The van der Waals surface area contributed by atoms with E-state index in [1.807, 2.05) is 0 Å². The van der Waals surface area contributed by atoms with Crippen molar-refractivity contribution in [3.8, 4) is 0 Å². The lowest BCUT2D eigenvalue weighted by Gasteiger charge is -2.33. The maximum atomic E-state index is 3.65. The molecular weight excluding hydrogens is 256 g/mol. The third kappa shape index (κ3) is 4.47. The van der Waals surface area contributed by atoms with Crippen molar-refractivity contribution >= 4 is 5.69 Å². The van der Waals surface area contributed by atoms with Crippen LogP contribution < -0.4 is 10.2 Å². The summed E-state index contributed by atoms with van der Waals surface area (Å²) in [5.74, 6) is 0. The van der Waals surface area contributed by atoms with E-state index in [9.17, 15) is 0 Å². The van der Waals surface area contributed by atoms with Crippen molar-refractivity contribution in [2.75, 3.05) is 11.4 Å². The maximum absolute atomic E-state index is 3.65. The van der Waals surface area contributed by atoms with Crippen molar-refractivity contribution in [1.82, 2.24) is 5.32 Å². The fraction of sp³-hybridized carbons (Fsp3) is 0.684. The Balaban J connectivity index is 2.23. The van der Waals surface area contributed by atoms with Gasteiger partial charge in [-0.3, -0.25) is 0 Å². The molecule has 0 aromatic heterocycles. The van der Waals surface area contributed by atoms with Crippen LogP contribution in [0.5, 0.6) is 0 Å². The highest BCUT2D eigenvalue weighted by Gasteiger charge is 2.23. The molecule has 1 N–H and O–H groups in total. The summed E-state index contributed by atoms with van der Waals surface area (Å²) in [4.78, 5) is 2.63. The molecule has 1 aliphatic rings. The van der Waals surface area contributed by atoms with Gasteiger partial charge in [-0.1, -0.05) is 30.5 Å². The van der Waals surface area contributed by atoms with E-state index in [0.29, 0.717) is 0 Å². The van der Waals surface area contributed by atoms with Crippen molar-refractivity contribution in [3.05, 3.63) is 29.3 Å². The first kappa shape index (κ1) is 16.4. The predicted octanol–water partition coefficient (Wildman–Crippen LogP) is 4.65. The number of benzene rings is 1. The second-order valence-corrected chi connectivity index (χ2v) is 7.46. The first-order valence-corrected chi connectivity index (χ1v) is 8.52. The normalized spacial score (nSPS) is 16.4. The fourth-order valence-electron chi connectivity index (χ4n) is 3.34. The number of rotatable bonds is 5. The van der Waals surface area contributed by atoms with E-state index >= 15 is 0 Å². The predicted molar refractivity (Wildman–Crippen MR) is 93.0 cm³/mol. The number of nitrogens with one attached hydrogen (secondary N) is 1. The Bertz CT molecular complexity index is 453. The van der Waals surface area contributed by atoms with Gasteiger partial charge < -0.3 is 10.2 Å². The minimum Gasteiger partial charge on any atom is -0.369 e. The molecule has 0 spiro atoms. The molecule has 1 aliphatic carbocycles. The van der Waals surface area contributed by atoms with Gasteiger partial charge in [0.15, 0.2) is 0 Å². The summed E-state index contributed by atoms with van der Waals surface area (Å²) in [6, 6.07) is 7.68. The number of aryl methyl sites for hydroxylation is 1.